The number of hydrogen-bond donors (Lipinski definition) is 0. The Morgan fingerprint density at radius 1 is 1.16 bits per heavy atom. The van der Waals surface area contributed by atoms with Gasteiger partial charge in [0.2, 0.25) is 0 Å². The predicted octanol–water partition coefficient (Wildman–Crippen LogP) is 3.18. The number of aromatic nitrogens is 3. The number of benzene rings is 2. The summed E-state index contributed by atoms with van der Waals surface area (Å²) in [5, 5.41) is 4.06. The summed E-state index contributed by atoms with van der Waals surface area (Å²) in [6.07, 6.45) is 3.08. The van der Waals surface area contributed by atoms with Crippen LogP contribution in [-0.4, -0.2) is 45.8 Å². The maximum absolute atomic E-state index is 12.5. The monoisotopic (exact) mass is 400 g/mol. The first-order valence-electron chi connectivity index (χ1n) is 7.72. The van der Waals surface area contributed by atoms with E-state index in [4.69, 9.17) is 4.74 Å². The van der Waals surface area contributed by atoms with Crippen LogP contribution in [0.1, 0.15) is 10.4 Å². The van der Waals surface area contributed by atoms with Gasteiger partial charge in [0.25, 0.3) is 5.91 Å². The lowest BCUT2D eigenvalue weighted by molar-refractivity contribution is 0.0774. The van der Waals surface area contributed by atoms with Gasteiger partial charge >= 0.3 is 0 Å². The third-order valence-electron chi connectivity index (χ3n) is 3.65. The lowest BCUT2D eigenvalue weighted by atomic mass is 10.2. The van der Waals surface area contributed by atoms with Crippen LogP contribution in [0.15, 0.2) is 65.7 Å². The molecule has 0 atom stereocenters. The highest BCUT2D eigenvalue weighted by molar-refractivity contribution is 9.10. The van der Waals surface area contributed by atoms with Crippen molar-refractivity contribution in [2.24, 2.45) is 0 Å². The van der Waals surface area contributed by atoms with Gasteiger partial charge < -0.3 is 9.64 Å². The third kappa shape index (κ3) is 4.45. The molecular weight excluding hydrogens is 384 g/mol. The van der Waals surface area contributed by atoms with Gasteiger partial charge in [-0.15, -0.1) is 0 Å². The number of hydrogen-bond acceptors (Lipinski definition) is 4. The van der Waals surface area contributed by atoms with E-state index < -0.39 is 0 Å². The average molecular weight is 401 g/mol. The Labute approximate surface area is 154 Å². The van der Waals surface area contributed by atoms with E-state index >= 15 is 0 Å². The van der Waals surface area contributed by atoms with Gasteiger partial charge in [-0.2, -0.15) is 5.10 Å². The van der Waals surface area contributed by atoms with E-state index in [1.807, 2.05) is 36.4 Å². The molecule has 128 valence electrons. The van der Waals surface area contributed by atoms with E-state index in [-0.39, 0.29) is 5.91 Å². The molecule has 0 unspecified atom stereocenters. The second kappa shape index (κ2) is 7.94. The van der Waals surface area contributed by atoms with E-state index in [1.54, 1.807) is 35.1 Å². The van der Waals surface area contributed by atoms with Crippen molar-refractivity contribution >= 4 is 21.8 Å². The first kappa shape index (κ1) is 17.2. The minimum absolute atomic E-state index is 0.0513. The zero-order valence-corrected chi connectivity index (χ0v) is 15.3. The molecule has 0 bridgehead atoms. The van der Waals surface area contributed by atoms with Crippen molar-refractivity contribution in [1.29, 1.82) is 0 Å². The standard InChI is InChI=1S/C18H17BrN4O2/c1-22(10-11-25-17-8-4-15(19)5-9-17)18(24)14-2-6-16(7-3-14)23-13-20-12-21-23/h2-9,12-13H,10-11H2,1H3. The summed E-state index contributed by atoms with van der Waals surface area (Å²) in [7, 11) is 1.76. The molecule has 0 radical (unpaired) electrons. The van der Waals surface area contributed by atoms with Crippen molar-refractivity contribution in [1.82, 2.24) is 19.7 Å². The molecule has 1 amide bonds. The van der Waals surface area contributed by atoms with Gasteiger partial charge in [-0.25, -0.2) is 9.67 Å². The second-order valence-corrected chi connectivity index (χ2v) is 6.33. The van der Waals surface area contributed by atoms with E-state index in [2.05, 4.69) is 26.0 Å². The molecule has 0 aliphatic carbocycles. The van der Waals surface area contributed by atoms with Crippen molar-refractivity contribution in [3.63, 3.8) is 0 Å². The molecule has 0 fully saturated rings. The predicted molar refractivity (Wildman–Crippen MR) is 98.0 cm³/mol. The number of nitrogens with zero attached hydrogens (tertiary/aromatic N) is 4. The molecule has 1 heterocycles. The molecule has 3 aromatic rings. The van der Waals surface area contributed by atoms with Crippen molar-refractivity contribution in [2.75, 3.05) is 20.2 Å². The number of ether oxygens (including phenoxy) is 1. The minimum atomic E-state index is -0.0513. The molecule has 0 saturated carbocycles. The normalized spacial score (nSPS) is 10.5. The number of likely N-dealkylation sites (N-methyl/N-ethyl adjacent to an activating group) is 1. The molecule has 2 aromatic carbocycles. The zero-order chi connectivity index (χ0) is 17.6. The Kier molecular flexibility index (Phi) is 5.45. The van der Waals surface area contributed by atoms with Gasteiger partial charge in [0.05, 0.1) is 12.2 Å². The van der Waals surface area contributed by atoms with Crippen LogP contribution in [0.4, 0.5) is 0 Å². The fraction of sp³-hybridized carbons (Fsp3) is 0.167. The minimum Gasteiger partial charge on any atom is -0.492 e. The van der Waals surface area contributed by atoms with Crippen LogP contribution in [0.2, 0.25) is 0 Å². The van der Waals surface area contributed by atoms with Crippen LogP contribution >= 0.6 is 15.9 Å². The molecule has 0 spiro atoms. The summed E-state index contributed by atoms with van der Waals surface area (Å²) in [6.45, 7) is 0.931. The molecule has 0 N–H and O–H groups in total. The van der Waals surface area contributed by atoms with E-state index in [0.29, 0.717) is 18.7 Å². The Morgan fingerprint density at radius 2 is 1.88 bits per heavy atom. The third-order valence-corrected chi connectivity index (χ3v) is 4.18. The number of rotatable bonds is 6. The van der Waals surface area contributed by atoms with Crippen molar-refractivity contribution in [3.8, 4) is 11.4 Å². The smallest absolute Gasteiger partial charge is 0.253 e. The van der Waals surface area contributed by atoms with Gasteiger partial charge in [-0.05, 0) is 48.5 Å². The number of carbonyl (C=O) groups excluding carboxylic acids is 1. The Balaban J connectivity index is 1.54. The SMILES string of the molecule is CN(CCOc1ccc(Br)cc1)C(=O)c1ccc(-n2cncn2)cc1. The van der Waals surface area contributed by atoms with Crippen molar-refractivity contribution in [2.45, 2.75) is 0 Å². The molecule has 25 heavy (non-hydrogen) atoms. The first-order valence-corrected chi connectivity index (χ1v) is 8.52. The largest absolute Gasteiger partial charge is 0.492 e. The van der Waals surface area contributed by atoms with Gasteiger partial charge in [0, 0.05) is 17.1 Å². The van der Waals surface area contributed by atoms with Crippen molar-refractivity contribution < 1.29 is 9.53 Å². The topological polar surface area (TPSA) is 60.2 Å². The molecule has 3 rings (SSSR count). The summed E-state index contributed by atoms with van der Waals surface area (Å²) in [5.41, 5.74) is 1.48. The summed E-state index contributed by atoms with van der Waals surface area (Å²) in [5.74, 6) is 0.728. The molecule has 7 heteroatoms. The van der Waals surface area contributed by atoms with Gasteiger partial charge in [0.15, 0.2) is 0 Å². The molecule has 0 aliphatic heterocycles. The molecule has 0 aliphatic rings. The summed E-state index contributed by atoms with van der Waals surface area (Å²) in [4.78, 5) is 18.0. The zero-order valence-electron chi connectivity index (χ0n) is 13.7. The molecule has 1 aromatic heterocycles. The van der Waals surface area contributed by atoms with Gasteiger partial charge in [-0.3, -0.25) is 4.79 Å². The number of carbonyl (C=O) groups is 1. The van der Waals surface area contributed by atoms with Crippen LogP contribution < -0.4 is 4.74 Å². The van der Waals surface area contributed by atoms with E-state index in [1.165, 1.54) is 6.33 Å². The molecule has 0 saturated heterocycles. The Morgan fingerprint density at radius 3 is 2.52 bits per heavy atom. The van der Waals surface area contributed by atoms with Crippen LogP contribution in [-0.2, 0) is 0 Å². The van der Waals surface area contributed by atoms with Crippen LogP contribution in [0.5, 0.6) is 5.75 Å². The highest BCUT2D eigenvalue weighted by Gasteiger charge is 2.12. The van der Waals surface area contributed by atoms with Crippen LogP contribution in [0.3, 0.4) is 0 Å². The van der Waals surface area contributed by atoms with E-state index in [9.17, 15) is 4.79 Å². The van der Waals surface area contributed by atoms with Crippen molar-refractivity contribution in [3.05, 3.63) is 71.2 Å². The average Bonchev–Trinajstić information content (AvgIpc) is 3.17. The maximum Gasteiger partial charge on any atom is 0.253 e. The fourth-order valence-electron chi connectivity index (χ4n) is 2.25. The summed E-state index contributed by atoms with van der Waals surface area (Å²) >= 11 is 3.38. The number of amides is 1. The Hall–Kier alpha value is -2.67. The lowest BCUT2D eigenvalue weighted by Gasteiger charge is -2.17. The highest BCUT2D eigenvalue weighted by Crippen LogP contribution is 2.16. The highest BCUT2D eigenvalue weighted by atomic mass is 79.9. The van der Waals surface area contributed by atoms with E-state index in [0.717, 1.165) is 15.9 Å². The first-order chi connectivity index (χ1) is 12.1. The number of halogens is 1. The lowest BCUT2D eigenvalue weighted by Crippen LogP contribution is -2.30. The second-order valence-electron chi connectivity index (χ2n) is 5.42. The fourth-order valence-corrected chi connectivity index (χ4v) is 2.52. The molecular formula is C18H17BrN4O2. The maximum atomic E-state index is 12.5. The summed E-state index contributed by atoms with van der Waals surface area (Å²) in [6, 6.07) is 14.9. The Bertz CT molecular complexity index is 817. The quantitative estimate of drug-likeness (QED) is 0.637. The molecule has 6 nitrogen and oxygen atoms in total. The van der Waals surface area contributed by atoms with Crippen LogP contribution in [0.25, 0.3) is 5.69 Å². The van der Waals surface area contributed by atoms with Crippen LogP contribution in [0, 0.1) is 0 Å². The van der Waals surface area contributed by atoms with Gasteiger partial charge in [-0.1, -0.05) is 15.9 Å². The summed E-state index contributed by atoms with van der Waals surface area (Å²) < 4.78 is 8.30. The van der Waals surface area contributed by atoms with Gasteiger partial charge in [0.1, 0.15) is 25.0 Å².